The van der Waals surface area contributed by atoms with Gasteiger partial charge in [-0.1, -0.05) is 18.0 Å². The van der Waals surface area contributed by atoms with E-state index in [0.717, 1.165) is 44.1 Å². The molecule has 1 saturated carbocycles. The zero-order valence-electron chi connectivity index (χ0n) is 11.1. The first kappa shape index (κ1) is 15.5. The van der Waals surface area contributed by atoms with Crippen LogP contribution in [0.3, 0.4) is 0 Å². The molecule has 1 aliphatic rings. The zero-order chi connectivity index (χ0) is 14.9. The van der Waals surface area contributed by atoms with Crippen LogP contribution in [0.4, 0.5) is 4.39 Å². The Balaban J connectivity index is 2.27. The van der Waals surface area contributed by atoms with Crippen LogP contribution >= 0.6 is 11.6 Å². The van der Waals surface area contributed by atoms with Gasteiger partial charge in [0.05, 0.1) is 5.02 Å². The summed E-state index contributed by atoms with van der Waals surface area (Å²) < 4.78 is 42.3. The van der Waals surface area contributed by atoms with Gasteiger partial charge in [-0.25, -0.2) is 12.8 Å². The fourth-order valence-corrected chi connectivity index (χ4v) is 3.34. The zero-order valence-corrected chi connectivity index (χ0v) is 12.7. The summed E-state index contributed by atoms with van der Waals surface area (Å²) in [4.78, 5) is -0.428. The maximum atomic E-state index is 13.8. The highest BCUT2D eigenvalue weighted by molar-refractivity contribution is 7.90. The van der Waals surface area contributed by atoms with E-state index in [4.69, 9.17) is 22.1 Å². The number of benzene rings is 1. The van der Waals surface area contributed by atoms with Crippen LogP contribution in [0.2, 0.25) is 5.02 Å². The summed E-state index contributed by atoms with van der Waals surface area (Å²) in [6.45, 7) is 0. The molecule has 112 valence electrons. The summed E-state index contributed by atoms with van der Waals surface area (Å²) in [5.41, 5.74) is 5.96. The summed E-state index contributed by atoms with van der Waals surface area (Å²) >= 11 is 5.98. The van der Waals surface area contributed by atoms with Crippen molar-refractivity contribution in [3.8, 4) is 5.75 Å². The van der Waals surface area contributed by atoms with Crippen molar-refractivity contribution in [3.63, 3.8) is 0 Å². The Kier molecular flexibility index (Phi) is 4.56. The van der Waals surface area contributed by atoms with Crippen LogP contribution in [0, 0.1) is 5.82 Å². The van der Waals surface area contributed by atoms with Gasteiger partial charge in [-0.15, -0.1) is 0 Å². The van der Waals surface area contributed by atoms with Crippen molar-refractivity contribution >= 4 is 21.4 Å². The number of hydrogen-bond acceptors (Lipinski definition) is 4. The molecule has 1 aromatic rings. The van der Waals surface area contributed by atoms with E-state index in [2.05, 4.69) is 0 Å². The van der Waals surface area contributed by atoms with Crippen molar-refractivity contribution in [2.45, 2.75) is 42.7 Å². The Labute approximate surface area is 123 Å². The van der Waals surface area contributed by atoms with Crippen LogP contribution in [0.1, 0.15) is 25.7 Å². The van der Waals surface area contributed by atoms with Gasteiger partial charge < -0.3 is 10.5 Å². The van der Waals surface area contributed by atoms with E-state index in [1.807, 2.05) is 0 Å². The topological polar surface area (TPSA) is 69.4 Å². The number of ether oxygens (including phenoxy) is 1. The molecule has 1 fully saturated rings. The number of hydrogen-bond donors (Lipinski definition) is 1. The van der Waals surface area contributed by atoms with E-state index in [0.29, 0.717) is 0 Å². The third-order valence-electron chi connectivity index (χ3n) is 3.42. The predicted octanol–water partition coefficient (Wildman–Crippen LogP) is 2.53. The molecule has 2 N–H and O–H groups in total. The van der Waals surface area contributed by atoms with E-state index >= 15 is 0 Å². The van der Waals surface area contributed by atoms with Crippen LogP contribution in [0.15, 0.2) is 17.0 Å². The molecule has 7 heteroatoms. The average molecular weight is 322 g/mol. The van der Waals surface area contributed by atoms with Crippen molar-refractivity contribution in [3.05, 3.63) is 23.0 Å². The Hall–Kier alpha value is -0.850. The standard InChI is InChI=1S/C13H17ClFNO3S/c1-20(17,18)13-6-8(14)12(7-9(13)15)19-11-5-3-2-4-10(11)16/h6-7,10-11H,2-5,16H2,1H3/t10-,11-/m0/s1. The third-order valence-corrected chi connectivity index (χ3v) is 4.83. The second-order valence-corrected chi connectivity index (χ2v) is 7.48. The lowest BCUT2D eigenvalue weighted by molar-refractivity contribution is 0.132. The lowest BCUT2D eigenvalue weighted by Gasteiger charge is -2.29. The molecule has 2 rings (SSSR count). The van der Waals surface area contributed by atoms with Gasteiger partial charge in [0.2, 0.25) is 0 Å². The molecule has 20 heavy (non-hydrogen) atoms. The lowest BCUT2D eigenvalue weighted by Crippen LogP contribution is -2.41. The van der Waals surface area contributed by atoms with Gasteiger partial charge in [0, 0.05) is 18.4 Å². The molecule has 0 heterocycles. The summed E-state index contributed by atoms with van der Waals surface area (Å²) in [7, 11) is -3.66. The maximum Gasteiger partial charge on any atom is 0.178 e. The molecular weight excluding hydrogens is 305 g/mol. The summed E-state index contributed by atoms with van der Waals surface area (Å²) in [6.07, 6.45) is 4.40. The highest BCUT2D eigenvalue weighted by Gasteiger charge is 2.25. The first-order valence-electron chi connectivity index (χ1n) is 6.40. The fourth-order valence-electron chi connectivity index (χ4n) is 2.32. The molecule has 0 radical (unpaired) electrons. The van der Waals surface area contributed by atoms with Crippen LogP contribution in [0.5, 0.6) is 5.75 Å². The van der Waals surface area contributed by atoms with Crippen LogP contribution in [-0.2, 0) is 9.84 Å². The first-order valence-corrected chi connectivity index (χ1v) is 8.67. The molecule has 0 bridgehead atoms. The molecular formula is C13H17ClFNO3S. The molecule has 0 unspecified atom stereocenters. The summed E-state index contributed by atoms with van der Waals surface area (Å²) in [5, 5.41) is 0.0737. The average Bonchev–Trinajstić information content (AvgIpc) is 2.34. The second-order valence-electron chi connectivity index (χ2n) is 5.09. The molecule has 0 aromatic heterocycles. The predicted molar refractivity (Wildman–Crippen MR) is 75.4 cm³/mol. The van der Waals surface area contributed by atoms with Crippen molar-refractivity contribution in [1.82, 2.24) is 0 Å². The van der Waals surface area contributed by atoms with Gasteiger partial charge in [0.25, 0.3) is 0 Å². The number of nitrogens with two attached hydrogens (primary N) is 1. The van der Waals surface area contributed by atoms with E-state index in [1.165, 1.54) is 0 Å². The SMILES string of the molecule is CS(=O)(=O)c1cc(Cl)c(O[C@H]2CCCC[C@@H]2N)cc1F. The summed E-state index contributed by atoms with van der Waals surface area (Å²) in [5.74, 6) is -0.727. The molecule has 1 aromatic carbocycles. The van der Waals surface area contributed by atoms with E-state index in [1.54, 1.807) is 0 Å². The van der Waals surface area contributed by atoms with E-state index < -0.39 is 20.5 Å². The quantitative estimate of drug-likeness (QED) is 0.928. The van der Waals surface area contributed by atoms with E-state index in [-0.39, 0.29) is 22.9 Å². The van der Waals surface area contributed by atoms with Crippen molar-refractivity contribution in [1.29, 1.82) is 0 Å². The third kappa shape index (κ3) is 3.42. The van der Waals surface area contributed by atoms with Crippen molar-refractivity contribution in [2.24, 2.45) is 5.73 Å². The largest absolute Gasteiger partial charge is 0.487 e. The van der Waals surface area contributed by atoms with E-state index in [9.17, 15) is 12.8 Å². The number of sulfone groups is 1. The lowest BCUT2D eigenvalue weighted by atomic mass is 9.93. The van der Waals surface area contributed by atoms with Gasteiger partial charge in [-0.05, 0) is 25.3 Å². The monoisotopic (exact) mass is 321 g/mol. The molecule has 4 nitrogen and oxygen atoms in total. The molecule has 0 spiro atoms. The maximum absolute atomic E-state index is 13.8. The van der Waals surface area contributed by atoms with Crippen LogP contribution in [0.25, 0.3) is 0 Å². The Bertz CT molecular complexity index is 606. The normalized spacial score (nSPS) is 23.6. The minimum Gasteiger partial charge on any atom is -0.487 e. The highest BCUT2D eigenvalue weighted by atomic mass is 35.5. The number of halogens is 2. The number of rotatable bonds is 3. The van der Waals surface area contributed by atoms with Gasteiger partial charge in [0.1, 0.15) is 22.6 Å². The minimum atomic E-state index is -3.66. The molecule has 0 amide bonds. The van der Waals surface area contributed by atoms with Gasteiger partial charge in [-0.3, -0.25) is 0 Å². The second kappa shape index (κ2) is 5.87. The molecule has 1 aliphatic carbocycles. The van der Waals surface area contributed by atoms with Crippen LogP contribution in [-0.4, -0.2) is 26.8 Å². The Morgan fingerprint density at radius 1 is 1.35 bits per heavy atom. The smallest absolute Gasteiger partial charge is 0.178 e. The van der Waals surface area contributed by atoms with Crippen LogP contribution < -0.4 is 10.5 Å². The molecule has 0 aliphatic heterocycles. The molecule has 0 saturated heterocycles. The van der Waals surface area contributed by atoms with Gasteiger partial charge in [-0.2, -0.15) is 0 Å². The Morgan fingerprint density at radius 3 is 2.60 bits per heavy atom. The summed E-state index contributed by atoms with van der Waals surface area (Å²) in [6, 6.07) is 1.98. The van der Waals surface area contributed by atoms with Gasteiger partial charge >= 0.3 is 0 Å². The van der Waals surface area contributed by atoms with Crippen molar-refractivity contribution in [2.75, 3.05) is 6.26 Å². The Morgan fingerprint density at radius 2 is 2.00 bits per heavy atom. The van der Waals surface area contributed by atoms with Gasteiger partial charge in [0.15, 0.2) is 9.84 Å². The fraction of sp³-hybridized carbons (Fsp3) is 0.538. The molecule has 2 atom stereocenters. The highest BCUT2D eigenvalue weighted by Crippen LogP contribution is 2.32. The first-order chi connectivity index (χ1) is 9.29. The minimum absolute atomic E-state index is 0.0737. The van der Waals surface area contributed by atoms with Crippen molar-refractivity contribution < 1.29 is 17.5 Å².